The molecule has 2 fully saturated rings. The minimum Gasteiger partial charge on any atom is -0.370 e. The van der Waals surface area contributed by atoms with Gasteiger partial charge in [-0.3, -0.25) is 9.69 Å². The summed E-state index contributed by atoms with van der Waals surface area (Å²) in [5, 5.41) is 4.94. The molecular weight excluding hydrogens is 426 g/mol. The maximum absolute atomic E-state index is 12.8. The molecule has 2 aliphatic rings. The van der Waals surface area contributed by atoms with E-state index in [4.69, 9.17) is 11.6 Å². The lowest BCUT2D eigenvalue weighted by atomic mass is 9.87. The molecule has 0 aliphatic carbocycles. The number of carbonyl (C=O) groups excluding carboxylic acids is 2. The predicted molar refractivity (Wildman–Crippen MR) is 127 cm³/mol. The number of rotatable bonds is 5. The van der Waals surface area contributed by atoms with Gasteiger partial charge in [-0.1, -0.05) is 23.7 Å². The van der Waals surface area contributed by atoms with Gasteiger partial charge in [0.25, 0.3) is 0 Å². The minimum atomic E-state index is -0.173. The summed E-state index contributed by atoms with van der Waals surface area (Å²) in [5.41, 5.74) is 2.73. The molecule has 0 bridgehead atoms. The average Bonchev–Trinajstić information content (AvgIpc) is 3.46. The first-order valence-electron chi connectivity index (χ1n) is 11.4. The normalized spacial score (nSPS) is 18.4. The van der Waals surface area contributed by atoms with Gasteiger partial charge in [-0.05, 0) is 57.4 Å². The Morgan fingerprint density at radius 1 is 1.12 bits per heavy atom. The molecule has 0 radical (unpaired) electrons. The number of likely N-dealkylation sites (tertiary alicyclic amines) is 1. The molecule has 7 nitrogen and oxygen atoms in total. The van der Waals surface area contributed by atoms with Gasteiger partial charge >= 0.3 is 6.03 Å². The molecule has 1 aromatic carbocycles. The van der Waals surface area contributed by atoms with Crippen LogP contribution < -0.4 is 4.90 Å². The number of carbonyl (C=O) groups is 2. The summed E-state index contributed by atoms with van der Waals surface area (Å²) in [6.45, 7) is 7.98. The predicted octanol–water partition coefficient (Wildman–Crippen LogP) is 4.29. The lowest BCUT2D eigenvalue weighted by Crippen LogP contribution is -2.53. The number of Topliss-reactive ketones (excluding diaryl/α,β-unsaturated/α-hetero) is 1. The number of anilines is 1. The molecule has 1 amide bonds. The number of piperidine rings is 1. The average molecular weight is 458 g/mol. The first-order valence-corrected chi connectivity index (χ1v) is 11.8. The Bertz CT molecular complexity index is 990. The number of benzene rings is 1. The molecule has 0 saturated carbocycles. The number of para-hydroxylation sites is 1. The summed E-state index contributed by atoms with van der Waals surface area (Å²) >= 11 is 6.61. The van der Waals surface area contributed by atoms with Crippen molar-refractivity contribution in [2.45, 2.75) is 51.6 Å². The molecule has 2 aromatic rings. The monoisotopic (exact) mass is 457 g/mol. The van der Waals surface area contributed by atoms with E-state index in [0.29, 0.717) is 18.8 Å². The SMILES string of the molecule is CC(=O)c1ccn(C(=O)N2CCC(C)(N(C)Cc3cccc(Cl)c3N3CCCC3)CC2)n1. The summed E-state index contributed by atoms with van der Waals surface area (Å²) in [4.78, 5) is 30.9. The largest absolute Gasteiger partial charge is 0.370 e. The van der Waals surface area contributed by atoms with Crippen LogP contribution in [-0.4, -0.2) is 70.2 Å². The summed E-state index contributed by atoms with van der Waals surface area (Å²) < 4.78 is 1.28. The van der Waals surface area contributed by atoms with Crippen LogP contribution in [-0.2, 0) is 6.54 Å². The van der Waals surface area contributed by atoms with Crippen LogP contribution in [0.5, 0.6) is 0 Å². The van der Waals surface area contributed by atoms with E-state index in [2.05, 4.69) is 34.9 Å². The highest BCUT2D eigenvalue weighted by Crippen LogP contribution is 2.35. The van der Waals surface area contributed by atoms with Crippen LogP contribution in [0.25, 0.3) is 0 Å². The Balaban J connectivity index is 1.41. The first-order chi connectivity index (χ1) is 15.3. The lowest BCUT2D eigenvalue weighted by Gasteiger charge is -2.45. The van der Waals surface area contributed by atoms with Gasteiger partial charge in [0, 0.05) is 51.4 Å². The molecule has 1 aromatic heterocycles. The molecular formula is C24H32ClN5O2. The number of hydrogen-bond acceptors (Lipinski definition) is 5. The van der Waals surface area contributed by atoms with Crippen molar-refractivity contribution in [3.05, 3.63) is 46.7 Å². The molecule has 0 atom stereocenters. The summed E-state index contributed by atoms with van der Waals surface area (Å²) in [6.07, 6.45) is 5.74. The third-order valence-corrected chi connectivity index (χ3v) is 7.38. The molecule has 2 aliphatic heterocycles. The number of hydrogen-bond donors (Lipinski definition) is 0. The Morgan fingerprint density at radius 3 is 2.44 bits per heavy atom. The Kier molecular flexibility index (Phi) is 6.58. The second-order valence-electron chi connectivity index (χ2n) is 9.27. The van der Waals surface area contributed by atoms with Gasteiger partial charge in [0.1, 0.15) is 5.69 Å². The molecule has 3 heterocycles. The molecule has 0 unspecified atom stereocenters. The van der Waals surface area contributed by atoms with Gasteiger partial charge in [-0.15, -0.1) is 0 Å². The lowest BCUT2D eigenvalue weighted by molar-refractivity contribution is 0.0586. The van der Waals surface area contributed by atoms with Gasteiger partial charge in [0.2, 0.25) is 0 Å². The van der Waals surface area contributed by atoms with Crippen LogP contribution in [0.2, 0.25) is 5.02 Å². The Labute approximate surface area is 194 Å². The zero-order valence-corrected chi connectivity index (χ0v) is 19.9. The van der Waals surface area contributed by atoms with E-state index in [9.17, 15) is 9.59 Å². The zero-order valence-electron chi connectivity index (χ0n) is 19.2. The smallest absolute Gasteiger partial charge is 0.344 e. The van der Waals surface area contributed by atoms with Gasteiger partial charge in [-0.2, -0.15) is 9.78 Å². The quantitative estimate of drug-likeness (QED) is 0.626. The van der Waals surface area contributed by atoms with Crippen LogP contribution in [0.3, 0.4) is 0 Å². The molecule has 0 N–H and O–H groups in total. The molecule has 32 heavy (non-hydrogen) atoms. The highest BCUT2D eigenvalue weighted by molar-refractivity contribution is 6.33. The van der Waals surface area contributed by atoms with Gasteiger partial charge in [0.15, 0.2) is 5.78 Å². The second-order valence-corrected chi connectivity index (χ2v) is 9.67. The molecule has 4 rings (SSSR count). The second kappa shape index (κ2) is 9.24. The topological polar surface area (TPSA) is 61.7 Å². The van der Waals surface area contributed by atoms with Gasteiger partial charge in [-0.25, -0.2) is 4.79 Å². The third kappa shape index (κ3) is 4.55. The highest BCUT2D eigenvalue weighted by Gasteiger charge is 2.36. The van der Waals surface area contributed by atoms with Gasteiger partial charge < -0.3 is 9.80 Å². The van der Waals surface area contributed by atoms with Crippen molar-refractivity contribution in [2.75, 3.05) is 38.1 Å². The fraction of sp³-hybridized carbons (Fsp3) is 0.542. The maximum atomic E-state index is 12.8. The third-order valence-electron chi connectivity index (χ3n) is 7.08. The van der Waals surface area contributed by atoms with Crippen molar-refractivity contribution in [3.63, 3.8) is 0 Å². The number of halogens is 1. The Morgan fingerprint density at radius 2 is 1.81 bits per heavy atom. The van der Waals surface area contributed by atoms with Crippen molar-refractivity contribution in [3.8, 4) is 0 Å². The fourth-order valence-corrected chi connectivity index (χ4v) is 5.07. The van der Waals surface area contributed by atoms with Crippen LogP contribution in [0.4, 0.5) is 10.5 Å². The van der Waals surface area contributed by atoms with E-state index in [1.165, 1.54) is 35.7 Å². The van der Waals surface area contributed by atoms with Gasteiger partial charge in [0.05, 0.1) is 10.7 Å². The van der Waals surface area contributed by atoms with Crippen molar-refractivity contribution in [1.29, 1.82) is 0 Å². The minimum absolute atomic E-state index is 0.0178. The maximum Gasteiger partial charge on any atom is 0.344 e. The van der Waals surface area contributed by atoms with E-state index in [1.54, 1.807) is 12.3 Å². The number of ketones is 1. The van der Waals surface area contributed by atoms with Crippen LogP contribution in [0.15, 0.2) is 30.5 Å². The van der Waals surface area contributed by atoms with Crippen molar-refractivity contribution >= 4 is 29.1 Å². The molecule has 8 heteroatoms. The van der Waals surface area contributed by atoms with E-state index in [1.807, 2.05) is 17.0 Å². The van der Waals surface area contributed by atoms with Crippen LogP contribution in [0.1, 0.15) is 55.6 Å². The number of amides is 1. The van der Waals surface area contributed by atoms with E-state index >= 15 is 0 Å². The van der Waals surface area contributed by atoms with E-state index in [-0.39, 0.29) is 17.4 Å². The van der Waals surface area contributed by atoms with E-state index in [0.717, 1.165) is 37.5 Å². The molecule has 2 saturated heterocycles. The van der Waals surface area contributed by atoms with Crippen molar-refractivity contribution < 1.29 is 9.59 Å². The van der Waals surface area contributed by atoms with Crippen LogP contribution in [0, 0.1) is 0 Å². The zero-order chi connectivity index (χ0) is 22.9. The van der Waals surface area contributed by atoms with Crippen molar-refractivity contribution in [1.82, 2.24) is 19.6 Å². The van der Waals surface area contributed by atoms with Crippen molar-refractivity contribution in [2.24, 2.45) is 0 Å². The van der Waals surface area contributed by atoms with E-state index < -0.39 is 0 Å². The fourth-order valence-electron chi connectivity index (χ4n) is 4.75. The standard InChI is InChI=1S/C24H32ClN5O2/c1-18(31)21-9-14-30(26-21)23(32)29-15-10-24(2,11-16-29)27(3)17-19-7-6-8-20(25)22(19)28-12-4-5-13-28/h6-9,14H,4-5,10-13,15-17H2,1-3H3. The summed E-state index contributed by atoms with van der Waals surface area (Å²) in [5.74, 6) is -0.140. The summed E-state index contributed by atoms with van der Waals surface area (Å²) in [6, 6.07) is 7.62. The number of nitrogens with zero attached hydrogens (tertiary/aromatic N) is 5. The number of aromatic nitrogens is 2. The van der Waals surface area contributed by atoms with Crippen LogP contribution >= 0.6 is 11.6 Å². The molecule has 172 valence electrons. The summed E-state index contributed by atoms with van der Waals surface area (Å²) in [7, 11) is 2.17. The highest BCUT2D eigenvalue weighted by atomic mass is 35.5. The Hall–Kier alpha value is -2.38. The molecule has 0 spiro atoms. The first kappa shape index (κ1) is 22.8.